The maximum atomic E-state index is 12.1. The number of amides is 1. The molecule has 1 amide bonds. The average molecular weight is 250 g/mol. The molecule has 0 aliphatic heterocycles. The van der Waals surface area contributed by atoms with E-state index in [2.05, 4.69) is 5.32 Å². The zero-order valence-electron chi connectivity index (χ0n) is 11.6. The number of hydrogen-bond donors (Lipinski definition) is 2. The molecule has 0 heterocycles. The maximum absolute atomic E-state index is 12.1. The summed E-state index contributed by atoms with van der Waals surface area (Å²) in [5.41, 5.74) is 5.95. The first-order chi connectivity index (χ1) is 8.54. The lowest BCUT2D eigenvalue weighted by Gasteiger charge is -2.54. The van der Waals surface area contributed by atoms with Gasteiger partial charge in [0.1, 0.15) is 0 Å². The number of hydrogen-bond acceptors (Lipinski definition) is 2. The minimum Gasteiger partial charge on any atom is -0.351 e. The third-order valence-corrected chi connectivity index (χ3v) is 5.56. The molecule has 1 atom stereocenters. The van der Waals surface area contributed by atoms with Crippen molar-refractivity contribution in [1.29, 1.82) is 0 Å². The number of nitrogens with two attached hydrogens (primary N) is 1. The van der Waals surface area contributed by atoms with E-state index in [1.165, 1.54) is 32.1 Å². The van der Waals surface area contributed by atoms with E-state index >= 15 is 0 Å². The highest BCUT2D eigenvalue weighted by Gasteiger charge is 2.48. The van der Waals surface area contributed by atoms with Gasteiger partial charge in [-0.05, 0) is 61.7 Å². The number of carbonyl (C=O) groups excluding carboxylic acids is 1. The van der Waals surface area contributed by atoms with Crippen molar-refractivity contribution in [1.82, 2.24) is 5.32 Å². The number of nitrogens with one attached hydrogen (secondary N) is 1. The molecule has 18 heavy (non-hydrogen) atoms. The van der Waals surface area contributed by atoms with Crippen LogP contribution in [0.3, 0.4) is 0 Å². The number of carbonyl (C=O) groups is 1. The first-order valence-electron chi connectivity index (χ1n) is 7.60. The van der Waals surface area contributed by atoms with Crippen LogP contribution in [0.15, 0.2) is 0 Å². The Hall–Kier alpha value is -0.570. The Morgan fingerprint density at radius 1 is 1.06 bits per heavy atom. The molecule has 4 aliphatic carbocycles. The smallest absolute Gasteiger partial charge is 0.237 e. The molecule has 0 aromatic heterocycles. The van der Waals surface area contributed by atoms with Gasteiger partial charge in [-0.25, -0.2) is 0 Å². The molecule has 0 radical (unpaired) electrons. The third-order valence-electron chi connectivity index (χ3n) is 5.56. The summed E-state index contributed by atoms with van der Waals surface area (Å²) >= 11 is 0. The zero-order valence-corrected chi connectivity index (χ0v) is 11.6. The summed E-state index contributed by atoms with van der Waals surface area (Å²) in [7, 11) is 0. The minimum absolute atomic E-state index is 0.0717. The Labute approximate surface area is 110 Å². The molecule has 4 rings (SSSR count). The molecule has 4 bridgehead atoms. The standard InChI is InChI=1S/C15H26N2O/c1-8(2)13(16)15(18)17-14-11-4-9-3-10(6-11)7-12(14)5-9/h8-14H,3-7,16H2,1-2H3,(H,17,18)/t9?,10?,11?,12?,13-,14?/m0/s1. The molecule has 4 aliphatic rings. The van der Waals surface area contributed by atoms with E-state index in [0.717, 1.165) is 23.7 Å². The van der Waals surface area contributed by atoms with Crippen molar-refractivity contribution in [3.05, 3.63) is 0 Å². The normalized spacial score (nSPS) is 43.2. The molecule has 0 saturated heterocycles. The van der Waals surface area contributed by atoms with E-state index in [-0.39, 0.29) is 17.9 Å². The topological polar surface area (TPSA) is 55.1 Å². The van der Waals surface area contributed by atoms with Crippen LogP contribution < -0.4 is 11.1 Å². The predicted molar refractivity (Wildman–Crippen MR) is 71.8 cm³/mol. The second-order valence-corrected chi connectivity index (χ2v) is 7.23. The average Bonchev–Trinajstić information content (AvgIpc) is 2.31. The second kappa shape index (κ2) is 4.52. The van der Waals surface area contributed by atoms with Crippen molar-refractivity contribution in [3.8, 4) is 0 Å². The summed E-state index contributed by atoms with van der Waals surface area (Å²) in [5, 5.41) is 3.28. The van der Waals surface area contributed by atoms with Crippen molar-refractivity contribution in [2.24, 2.45) is 35.3 Å². The summed E-state index contributed by atoms with van der Waals surface area (Å²) in [6.45, 7) is 4.03. The zero-order chi connectivity index (χ0) is 12.9. The van der Waals surface area contributed by atoms with Crippen LogP contribution in [0.25, 0.3) is 0 Å². The Morgan fingerprint density at radius 2 is 1.56 bits per heavy atom. The quantitative estimate of drug-likeness (QED) is 0.804. The fourth-order valence-corrected chi connectivity index (χ4v) is 4.72. The lowest BCUT2D eigenvalue weighted by Crippen LogP contribution is -2.58. The summed E-state index contributed by atoms with van der Waals surface area (Å²) < 4.78 is 0. The van der Waals surface area contributed by atoms with Gasteiger partial charge < -0.3 is 11.1 Å². The van der Waals surface area contributed by atoms with Crippen LogP contribution in [0.2, 0.25) is 0 Å². The minimum atomic E-state index is -0.345. The van der Waals surface area contributed by atoms with Gasteiger partial charge in [-0.3, -0.25) is 4.79 Å². The molecule has 102 valence electrons. The fraction of sp³-hybridized carbons (Fsp3) is 0.933. The van der Waals surface area contributed by atoms with Gasteiger partial charge in [0.2, 0.25) is 5.91 Å². The molecule has 0 spiro atoms. The van der Waals surface area contributed by atoms with Crippen LogP contribution >= 0.6 is 0 Å². The van der Waals surface area contributed by atoms with Gasteiger partial charge in [0.05, 0.1) is 6.04 Å². The van der Waals surface area contributed by atoms with Crippen molar-refractivity contribution in [2.75, 3.05) is 0 Å². The van der Waals surface area contributed by atoms with Crippen LogP contribution in [-0.2, 0) is 4.79 Å². The Bertz CT molecular complexity index is 311. The highest BCUT2D eigenvalue weighted by Crippen LogP contribution is 2.53. The van der Waals surface area contributed by atoms with Crippen LogP contribution in [0.5, 0.6) is 0 Å². The molecule has 0 aromatic rings. The van der Waals surface area contributed by atoms with E-state index in [1.54, 1.807) is 0 Å². The Balaban J connectivity index is 1.65. The monoisotopic (exact) mass is 250 g/mol. The van der Waals surface area contributed by atoms with Gasteiger partial charge in [0.25, 0.3) is 0 Å². The first kappa shape index (κ1) is 12.5. The molecule has 3 nitrogen and oxygen atoms in total. The van der Waals surface area contributed by atoms with Gasteiger partial charge >= 0.3 is 0 Å². The largest absolute Gasteiger partial charge is 0.351 e. The van der Waals surface area contributed by atoms with Gasteiger partial charge in [-0.2, -0.15) is 0 Å². The lowest BCUT2D eigenvalue weighted by molar-refractivity contribution is -0.127. The molecule has 0 aromatic carbocycles. The molecule has 4 saturated carbocycles. The van der Waals surface area contributed by atoms with Crippen molar-refractivity contribution in [2.45, 2.75) is 58.0 Å². The van der Waals surface area contributed by atoms with Crippen molar-refractivity contribution >= 4 is 5.91 Å². The Morgan fingerprint density at radius 3 is 2.00 bits per heavy atom. The second-order valence-electron chi connectivity index (χ2n) is 7.23. The molecular weight excluding hydrogens is 224 g/mol. The highest BCUT2D eigenvalue weighted by molar-refractivity contribution is 5.82. The van der Waals surface area contributed by atoms with Gasteiger partial charge in [0, 0.05) is 6.04 Å². The van der Waals surface area contributed by atoms with E-state index in [0.29, 0.717) is 6.04 Å². The van der Waals surface area contributed by atoms with Crippen LogP contribution in [0.4, 0.5) is 0 Å². The van der Waals surface area contributed by atoms with E-state index in [1.807, 2.05) is 13.8 Å². The molecule has 3 N–H and O–H groups in total. The molecule has 4 fully saturated rings. The fourth-order valence-electron chi connectivity index (χ4n) is 4.72. The van der Waals surface area contributed by atoms with Crippen LogP contribution in [-0.4, -0.2) is 18.0 Å². The van der Waals surface area contributed by atoms with Gasteiger partial charge in [0.15, 0.2) is 0 Å². The summed E-state index contributed by atoms with van der Waals surface area (Å²) in [6, 6.07) is 0.0808. The van der Waals surface area contributed by atoms with E-state index in [4.69, 9.17) is 5.73 Å². The summed E-state index contributed by atoms with van der Waals surface area (Å²) in [6.07, 6.45) is 6.83. The van der Waals surface area contributed by atoms with Crippen molar-refractivity contribution < 1.29 is 4.79 Å². The van der Waals surface area contributed by atoms with Gasteiger partial charge in [-0.15, -0.1) is 0 Å². The van der Waals surface area contributed by atoms with E-state index in [9.17, 15) is 4.79 Å². The SMILES string of the molecule is CC(C)[C@H](N)C(=O)NC1C2CC3CC(C2)CC1C3. The number of rotatable bonds is 3. The van der Waals surface area contributed by atoms with Crippen molar-refractivity contribution in [3.63, 3.8) is 0 Å². The van der Waals surface area contributed by atoms with E-state index < -0.39 is 0 Å². The first-order valence-corrected chi connectivity index (χ1v) is 7.60. The maximum Gasteiger partial charge on any atom is 0.237 e. The molecular formula is C15H26N2O. The summed E-state index contributed by atoms with van der Waals surface area (Å²) in [5.74, 6) is 3.69. The predicted octanol–water partition coefficient (Wildman–Crippen LogP) is 1.91. The molecule has 3 heteroatoms. The van der Waals surface area contributed by atoms with Crippen LogP contribution in [0.1, 0.15) is 46.0 Å². The highest BCUT2D eigenvalue weighted by atomic mass is 16.2. The summed E-state index contributed by atoms with van der Waals surface area (Å²) in [4.78, 5) is 12.1. The van der Waals surface area contributed by atoms with Crippen LogP contribution in [0, 0.1) is 29.6 Å². The lowest BCUT2D eigenvalue weighted by atomic mass is 9.54. The third kappa shape index (κ3) is 2.07. The Kier molecular flexibility index (Phi) is 3.13. The molecule has 0 unspecified atom stereocenters. The van der Waals surface area contributed by atoms with Gasteiger partial charge in [-0.1, -0.05) is 13.8 Å².